The molecule has 2 aromatic heterocycles. The molecule has 6 nitrogen and oxygen atoms in total. The summed E-state index contributed by atoms with van der Waals surface area (Å²) >= 11 is 1.54. The third-order valence-electron chi connectivity index (χ3n) is 6.29. The number of benzene rings is 1. The third-order valence-corrected chi connectivity index (χ3v) is 7.38. The van der Waals surface area contributed by atoms with Gasteiger partial charge in [-0.25, -0.2) is 4.68 Å². The predicted molar refractivity (Wildman–Crippen MR) is 106 cm³/mol. The Kier molecular flexibility index (Phi) is 3.84. The standard InChI is InChI=1S/C20H23N5OS/c1-20(2)18(13-5-8-24(20)9-6-13)22-19(26)17-11-14-3-4-15(12-16(14)27-17)25-10-7-21-23-25/h3-4,7,10-13,18H,5-6,8-9H2,1-2H3,(H,22,26)/t18-/m0/s1. The van der Waals surface area contributed by atoms with Crippen LogP contribution < -0.4 is 5.32 Å². The zero-order valence-corrected chi connectivity index (χ0v) is 16.4. The third kappa shape index (κ3) is 2.76. The van der Waals surface area contributed by atoms with Crippen molar-refractivity contribution in [2.75, 3.05) is 13.1 Å². The highest BCUT2D eigenvalue weighted by atomic mass is 32.1. The van der Waals surface area contributed by atoms with E-state index in [-0.39, 0.29) is 17.5 Å². The maximum atomic E-state index is 13.0. The molecule has 0 spiro atoms. The smallest absolute Gasteiger partial charge is 0.261 e. The fraction of sp³-hybridized carbons (Fsp3) is 0.450. The molecule has 6 rings (SSSR count). The van der Waals surface area contributed by atoms with Gasteiger partial charge in [0.15, 0.2) is 0 Å². The molecule has 0 aliphatic carbocycles. The molecule has 27 heavy (non-hydrogen) atoms. The Morgan fingerprint density at radius 1 is 1.26 bits per heavy atom. The van der Waals surface area contributed by atoms with Crippen LogP contribution in [0.2, 0.25) is 0 Å². The van der Waals surface area contributed by atoms with Crippen molar-refractivity contribution in [1.29, 1.82) is 0 Å². The molecule has 140 valence electrons. The molecule has 3 saturated heterocycles. The number of hydrogen-bond donors (Lipinski definition) is 1. The largest absolute Gasteiger partial charge is 0.346 e. The van der Waals surface area contributed by atoms with Gasteiger partial charge in [-0.05, 0) is 69.3 Å². The van der Waals surface area contributed by atoms with Gasteiger partial charge in [0.1, 0.15) is 0 Å². The zero-order chi connectivity index (χ0) is 18.6. The van der Waals surface area contributed by atoms with Crippen LogP contribution in [0.4, 0.5) is 0 Å². The van der Waals surface area contributed by atoms with Gasteiger partial charge in [0, 0.05) is 16.3 Å². The van der Waals surface area contributed by atoms with E-state index in [0.717, 1.165) is 33.7 Å². The molecule has 3 aliphatic rings. The normalized spacial score (nSPS) is 26.4. The summed E-state index contributed by atoms with van der Waals surface area (Å²) in [5, 5.41) is 12.3. The molecule has 1 amide bonds. The second kappa shape index (κ2) is 6.14. The number of amides is 1. The number of carbonyl (C=O) groups excluding carboxylic acids is 1. The molecular formula is C20H23N5OS. The van der Waals surface area contributed by atoms with Gasteiger partial charge in [-0.3, -0.25) is 9.69 Å². The molecule has 3 aliphatic heterocycles. The van der Waals surface area contributed by atoms with E-state index in [0.29, 0.717) is 5.92 Å². The first-order valence-electron chi connectivity index (χ1n) is 9.48. The van der Waals surface area contributed by atoms with Crippen LogP contribution >= 0.6 is 11.3 Å². The van der Waals surface area contributed by atoms with Crippen molar-refractivity contribution in [3.05, 3.63) is 41.5 Å². The Morgan fingerprint density at radius 3 is 2.78 bits per heavy atom. The second-order valence-corrected chi connectivity index (χ2v) is 9.19. The first-order chi connectivity index (χ1) is 13.0. The average Bonchev–Trinajstić information content (AvgIpc) is 3.33. The van der Waals surface area contributed by atoms with Crippen LogP contribution in [0.1, 0.15) is 36.4 Å². The van der Waals surface area contributed by atoms with Crippen molar-refractivity contribution < 1.29 is 4.79 Å². The summed E-state index contributed by atoms with van der Waals surface area (Å²) in [6.45, 7) is 6.83. The molecule has 0 radical (unpaired) electrons. The van der Waals surface area contributed by atoms with E-state index in [4.69, 9.17) is 0 Å². The van der Waals surface area contributed by atoms with Crippen molar-refractivity contribution in [1.82, 2.24) is 25.2 Å². The lowest BCUT2D eigenvalue weighted by atomic mass is 9.72. The number of hydrogen-bond acceptors (Lipinski definition) is 5. The lowest BCUT2D eigenvalue weighted by Crippen LogP contribution is -2.69. The first-order valence-corrected chi connectivity index (χ1v) is 10.3. The van der Waals surface area contributed by atoms with Gasteiger partial charge in [-0.1, -0.05) is 11.3 Å². The van der Waals surface area contributed by atoms with Gasteiger partial charge in [0.05, 0.1) is 23.0 Å². The number of aromatic nitrogens is 3. The van der Waals surface area contributed by atoms with Gasteiger partial charge in [0.25, 0.3) is 5.91 Å². The molecule has 2 bridgehead atoms. The summed E-state index contributed by atoms with van der Waals surface area (Å²) in [5.74, 6) is 0.632. The highest BCUT2D eigenvalue weighted by Crippen LogP contribution is 2.39. The second-order valence-electron chi connectivity index (χ2n) is 8.11. The number of carbonyl (C=O) groups is 1. The van der Waals surface area contributed by atoms with Crippen LogP contribution in [0.5, 0.6) is 0 Å². The number of nitrogens with zero attached hydrogens (tertiary/aromatic N) is 4. The van der Waals surface area contributed by atoms with E-state index < -0.39 is 0 Å². The maximum absolute atomic E-state index is 13.0. The lowest BCUT2D eigenvalue weighted by Gasteiger charge is -2.56. The molecule has 1 atom stereocenters. The molecule has 7 heteroatoms. The van der Waals surface area contributed by atoms with Crippen LogP contribution in [-0.4, -0.2) is 50.5 Å². The molecule has 1 aromatic carbocycles. The van der Waals surface area contributed by atoms with Crippen molar-refractivity contribution in [3.63, 3.8) is 0 Å². The highest BCUT2D eigenvalue weighted by molar-refractivity contribution is 7.20. The summed E-state index contributed by atoms with van der Waals surface area (Å²) in [6.07, 6.45) is 5.84. The Labute approximate surface area is 162 Å². The van der Waals surface area contributed by atoms with E-state index >= 15 is 0 Å². The minimum Gasteiger partial charge on any atom is -0.346 e. The van der Waals surface area contributed by atoms with E-state index in [1.807, 2.05) is 24.4 Å². The minimum absolute atomic E-state index is 0.0216. The lowest BCUT2D eigenvalue weighted by molar-refractivity contribution is -0.0377. The molecule has 3 aromatic rings. The number of piperidine rings is 3. The van der Waals surface area contributed by atoms with Crippen molar-refractivity contribution in [2.24, 2.45) is 5.92 Å². The van der Waals surface area contributed by atoms with Gasteiger partial charge < -0.3 is 5.32 Å². The Morgan fingerprint density at radius 2 is 2.07 bits per heavy atom. The average molecular weight is 382 g/mol. The topological polar surface area (TPSA) is 63.1 Å². The number of nitrogens with one attached hydrogen (secondary N) is 1. The molecule has 3 fully saturated rings. The minimum atomic E-state index is 0.0216. The summed E-state index contributed by atoms with van der Waals surface area (Å²) < 4.78 is 2.82. The molecule has 0 saturated carbocycles. The van der Waals surface area contributed by atoms with E-state index in [9.17, 15) is 4.79 Å². The molecule has 1 N–H and O–H groups in total. The monoisotopic (exact) mass is 381 g/mol. The van der Waals surface area contributed by atoms with Gasteiger partial charge in [-0.15, -0.1) is 16.4 Å². The van der Waals surface area contributed by atoms with Gasteiger partial charge in [0.2, 0.25) is 0 Å². The highest BCUT2D eigenvalue weighted by Gasteiger charge is 2.48. The van der Waals surface area contributed by atoms with Crippen LogP contribution in [0.25, 0.3) is 15.8 Å². The Balaban J connectivity index is 1.41. The number of rotatable bonds is 3. The fourth-order valence-corrected chi connectivity index (χ4v) is 5.71. The molecular weight excluding hydrogens is 358 g/mol. The van der Waals surface area contributed by atoms with Crippen molar-refractivity contribution in [3.8, 4) is 5.69 Å². The van der Waals surface area contributed by atoms with Gasteiger partial charge in [-0.2, -0.15) is 0 Å². The van der Waals surface area contributed by atoms with E-state index in [1.54, 1.807) is 10.9 Å². The predicted octanol–water partition coefficient (Wildman–Crippen LogP) is 3.08. The maximum Gasteiger partial charge on any atom is 0.261 e. The van der Waals surface area contributed by atoms with Crippen LogP contribution in [0, 0.1) is 5.92 Å². The molecule has 5 heterocycles. The van der Waals surface area contributed by atoms with E-state index in [1.165, 1.54) is 24.2 Å². The first kappa shape index (κ1) is 16.9. The van der Waals surface area contributed by atoms with Crippen molar-refractivity contribution >= 4 is 27.3 Å². The fourth-order valence-electron chi connectivity index (χ4n) is 4.71. The van der Waals surface area contributed by atoms with Crippen molar-refractivity contribution in [2.45, 2.75) is 38.3 Å². The summed E-state index contributed by atoms with van der Waals surface area (Å²) in [6, 6.07) is 8.31. The van der Waals surface area contributed by atoms with Crippen LogP contribution in [0.15, 0.2) is 36.7 Å². The van der Waals surface area contributed by atoms with E-state index in [2.05, 4.69) is 40.4 Å². The summed E-state index contributed by atoms with van der Waals surface area (Å²) in [4.78, 5) is 16.3. The van der Waals surface area contributed by atoms with Crippen LogP contribution in [0.3, 0.4) is 0 Å². The molecule has 0 unspecified atom stereocenters. The zero-order valence-electron chi connectivity index (χ0n) is 15.6. The SMILES string of the molecule is CC1(C)[C@@H](NC(=O)c2cc3ccc(-n4ccnn4)cc3s2)C2CCN1CC2. The summed E-state index contributed by atoms with van der Waals surface area (Å²) in [7, 11) is 0. The quantitative estimate of drug-likeness (QED) is 0.757. The number of fused-ring (bicyclic) bond motifs is 4. The Hall–Kier alpha value is -2.25. The summed E-state index contributed by atoms with van der Waals surface area (Å²) in [5.41, 5.74) is 0.973. The van der Waals surface area contributed by atoms with Gasteiger partial charge >= 0.3 is 0 Å². The van der Waals surface area contributed by atoms with Crippen LogP contribution in [-0.2, 0) is 0 Å². The Bertz CT molecular complexity index is 985. The number of thiophene rings is 1.